The summed E-state index contributed by atoms with van der Waals surface area (Å²) in [5.74, 6) is 0. The van der Waals surface area contributed by atoms with E-state index in [1.165, 1.54) is 12.1 Å². The lowest BCUT2D eigenvalue weighted by Crippen LogP contribution is -2.33. The number of methoxy groups -OCH3 is 1. The molecule has 0 saturated carbocycles. The molecule has 0 saturated heterocycles. The van der Waals surface area contributed by atoms with Crippen LogP contribution in [0.15, 0.2) is 24.3 Å². The standard InChI is InChI=1S/C14H21F3N2O/c1-20-10-12(6-4-8-18)19-9-11-5-2-3-7-13(11)14(15,16)17/h2-3,5,7,12,19H,4,6,8-10,18H2,1H3. The molecular formula is C14H21F3N2O. The SMILES string of the molecule is COCC(CCCN)NCc1ccccc1C(F)(F)F. The fourth-order valence-corrected chi connectivity index (χ4v) is 2.02. The molecule has 1 atom stereocenters. The zero-order valence-electron chi connectivity index (χ0n) is 11.5. The van der Waals surface area contributed by atoms with Crippen molar-refractivity contribution in [2.75, 3.05) is 20.3 Å². The topological polar surface area (TPSA) is 47.3 Å². The molecule has 0 aliphatic heterocycles. The Balaban J connectivity index is 2.67. The van der Waals surface area contributed by atoms with E-state index >= 15 is 0 Å². The average molecular weight is 290 g/mol. The molecule has 0 aromatic heterocycles. The van der Waals surface area contributed by atoms with Gasteiger partial charge in [-0.25, -0.2) is 0 Å². The van der Waals surface area contributed by atoms with Gasteiger partial charge in [0.1, 0.15) is 0 Å². The third kappa shape index (κ3) is 5.48. The molecule has 0 bridgehead atoms. The minimum absolute atomic E-state index is 0.00448. The summed E-state index contributed by atoms with van der Waals surface area (Å²) in [6.45, 7) is 1.17. The van der Waals surface area contributed by atoms with Crippen LogP contribution in [0.4, 0.5) is 13.2 Å². The van der Waals surface area contributed by atoms with Crippen LogP contribution in [0.2, 0.25) is 0 Å². The maximum Gasteiger partial charge on any atom is 0.416 e. The fraction of sp³-hybridized carbons (Fsp3) is 0.571. The second-order valence-corrected chi connectivity index (χ2v) is 4.62. The van der Waals surface area contributed by atoms with E-state index in [-0.39, 0.29) is 18.2 Å². The number of benzene rings is 1. The minimum atomic E-state index is -4.33. The first-order valence-corrected chi connectivity index (χ1v) is 6.56. The summed E-state index contributed by atoms with van der Waals surface area (Å²) >= 11 is 0. The molecule has 0 aliphatic rings. The van der Waals surface area contributed by atoms with E-state index < -0.39 is 11.7 Å². The predicted octanol–water partition coefficient (Wildman–Crippen LogP) is 2.55. The second-order valence-electron chi connectivity index (χ2n) is 4.62. The van der Waals surface area contributed by atoms with Crippen LogP contribution in [-0.2, 0) is 17.5 Å². The van der Waals surface area contributed by atoms with Crippen molar-refractivity contribution in [2.24, 2.45) is 5.73 Å². The van der Waals surface area contributed by atoms with Gasteiger partial charge in [-0.15, -0.1) is 0 Å². The molecule has 3 N–H and O–H groups in total. The lowest BCUT2D eigenvalue weighted by atomic mass is 10.1. The van der Waals surface area contributed by atoms with Crippen molar-refractivity contribution in [1.29, 1.82) is 0 Å². The van der Waals surface area contributed by atoms with Crippen LogP contribution in [0.1, 0.15) is 24.0 Å². The first kappa shape index (κ1) is 16.9. The Bertz CT molecular complexity index is 396. The largest absolute Gasteiger partial charge is 0.416 e. The highest BCUT2D eigenvalue weighted by atomic mass is 19.4. The lowest BCUT2D eigenvalue weighted by molar-refractivity contribution is -0.138. The monoisotopic (exact) mass is 290 g/mol. The molecular weight excluding hydrogens is 269 g/mol. The molecule has 0 heterocycles. The third-order valence-electron chi connectivity index (χ3n) is 3.03. The summed E-state index contributed by atoms with van der Waals surface area (Å²) in [4.78, 5) is 0. The fourth-order valence-electron chi connectivity index (χ4n) is 2.02. The summed E-state index contributed by atoms with van der Waals surface area (Å²) in [5.41, 5.74) is 5.09. The Labute approximate surface area is 117 Å². The highest BCUT2D eigenvalue weighted by Crippen LogP contribution is 2.31. The molecule has 0 fully saturated rings. The zero-order chi connectivity index (χ0) is 15.0. The van der Waals surface area contributed by atoms with Gasteiger partial charge in [-0.2, -0.15) is 13.2 Å². The molecule has 3 nitrogen and oxygen atoms in total. The van der Waals surface area contributed by atoms with Gasteiger partial charge in [0.15, 0.2) is 0 Å². The van der Waals surface area contributed by atoms with Crippen molar-refractivity contribution in [3.8, 4) is 0 Å². The molecule has 0 aliphatic carbocycles. The van der Waals surface area contributed by atoms with Gasteiger partial charge >= 0.3 is 6.18 Å². The summed E-state index contributed by atoms with van der Waals surface area (Å²) in [5, 5.41) is 3.10. The summed E-state index contributed by atoms with van der Waals surface area (Å²) < 4.78 is 43.6. The zero-order valence-corrected chi connectivity index (χ0v) is 11.5. The van der Waals surface area contributed by atoms with Crippen molar-refractivity contribution in [2.45, 2.75) is 31.6 Å². The van der Waals surface area contributed by atoms with Gasteiger partial charge in [0.25, 0.3) is 0 Å². The van der Waals surface area contributed by atoms with Gasteiger partial charge in [-0.05, 0) is 31.0 Å². The average Bonchev–Trinajstić information content (AvgIpc) is 2.41. The highest BCUT2D eigenvalue weighted by Gasteiger charge is 2.32. The molecule has 0 spiro atoms. The molecule has 0 radical (unpaired) electrons. The van der Waals surface area contributed by atoms with E-state index in [4.69, 9.17) is 10.5 Å². The van der Waals surface area contributed by atoms with Crippen LogP contribution in [0.3, 0.4) is 0 Å². The number of hydrogen-bond donors (Lipinski definition) is 2. The van der Waals surface area contributed by atoms with Crippen LogP contribution < -0.4 is 11.1 Å². The normalized spacial score (nSPS) is 13.4. The Morgan fingerprint density at radius 3 is 2.60 bits per heavy atom. The number of ether oxygens (including phenoxy) is 1. The predicted molar refractivity (Wildman–Crippen MR) is 72.2 cm³/mol. The van der Waals surface area contributed by atoms with Gasteiger partial charge in [0.2, 0.25) is 0 Å². The Morgan fingerprint density at radius 2 is 2.00 bits per heavy atom. The van der Waals surface area contributed by atoms with E-state index in [0.29, 0.717) is 13.2 Å². The van der Waals surface area contributed by atoms with Gasteiger partial charge in [-0.3, -0.25) is 0 Å². The first-order valence-electron chi connectivity index (χ1n) is 6.56. The summed E-state index contributed by atoms with van der Waals surface area (Å²) in [6, 6.07) is 5.60. The van der Waals surface area contributed by atoms with Crippen molar-refractivity contribution in [1.82, 2.24) is 5.32 Å². The maximum atomic E-state index is 12.9. The summed E-state index contributed by atoms with van der Waals surface area (Å²) in [6.07, 6.45) is -2.74. The molecule has 6 heteroatoms. The Hall–Kier alpha value is -1.11. The van der Waals surface area contributed by atoms with Crippen LogP contribution in [0.5, 0.6) is 0 Å². The summed E-state index contributed by atoms with van der Waals surface area (Å²) in [7, 11) is 1.57. The number of nitrogens with one attached hydrogen (secondary N) is 1. The van der Waals surface area contributed by atoms with Crippen molar-refractivity contribution >= 4 is 0 Å². The van der Waals surface area contributed by atoms with E-state index in [1.54, 1.807) is 13.2 Å². The van der Waals surface area contributed by atoms with Crippen molar-refractivity contribution < 1.29 is 17.9 Å². The minimum Gasteiger partial charge on any atom is -0.383 e. The third-order valence-corrected chi connectivity index (χ3v) is 3.03. The van der Waals surface area contributed by atoms with Gasteiger partial charge in [0, 0.05) is 19.7 Å². The van der Waals surface area contributed by atoms with Crippen LogP contribution >= 0.6 is 0 Å². The van der Waals surface area contributed by atoms with E-state index in [1.807, 2.05) is 0 Å². The molecule has 1 unspecified atom stereocenters. The van der Waals surface area contributed by atoms with Gasteiger partial charge in [-0.1, -0.05) is 18.2 Å². The Morgan fingerprint density at radius 1 is 1.30 bits per heavy atom. The Kier molecular flexibility index (Phi) is 6.98. The van der Waals surface area contributed by atoms with Crippen LogP contribution in [0.25, 0.3) is 0 Å². The second kappa shape index (κ2) is 8.24. The lowest BCUT2D eigenvalue weighted by Gasteiger charge is -2.19. The first-order chi connectivity index (χ1) is 9.49. The smallest absolute Gasteiger partial charge is 0.383 e. The molecule has 1 rings (SSSR count). The number of halogens is 3. The highest BCUT2D eigenvalue weighted by molar-refractivity contribution is 5.29. The van der Waals surface area contributed by atoms with Gasteiger partial charge in [0.05, 0.1) is 12.2 Å². The van der Waals surface area contributed by atoms with Crippen molar-refractivity contribution in [3.05, 3.63) is 35.4 Å². The molecule has 1 aromatic carbocycles. The molecule has 20 heavy (non-hydrogen) atoms. The van der Waals surface area contributed by atoms with Gasteiger partial charge < -0.3 is 15.8 Å². The van der Waals surface area contributed by atoms with Crippen LogP contribution in [-0.4, -0.2) is 26.3 Å². The maximum absolute atomic E-state index is 12.9. The number of rotatable bonds is 8. The van der Waals surface area contributed by atoms with E-state index in [9.17, 15) is 13.2 Å². The van der Waals surface area contributed by atoms with Crippen LogP contribution in [0, 0.1) is 0 Å². The number of nitrogens with two attached hydrogens (primary N) is 1. The molecule has 1 aromatic rings. The number of hydrogen-bond acceptors (Lipinski definition) is 3. The molecule has 114 valence electrons. The molecule has 0 amide bonds. The number of alkyl halides is 3. The van der Waals surface area contributed by atoms with E-state index in [2.05, 4.69) is 5.32 Å². The van der Waals surface area contributed by atoms with E-state index in [0.717, 1.165) is 18.9 Å². The van der Waals surface area contributed by atoms with Crippen molar-refractivity contribution in [3.63, 3.8) is 0 Å². The quantitative estimate of drug-likeness (QED) is 0.773.